The number of carbonyl (C=O) groups excluding carboxylic acids is 1. The maximum Gasteiger partial charge on any atom is 0.317 e. The first-order valence-corrected chi connectivity index (χ1v) is 8.37. The Morgan fingerprint density at radius 2 is 2.04 bits per heavy atom. The van der Waals surface area contributed by atoms with Gasteiger partial charge in [-0.3, -0.25) is 0 Å². The zero-order chi connectivity index (χ0) is 17.3. The van der Waals surface area contributed by atoms with Crippen LogP contribution in [-0.2, 0) is 0 Å². The molecule has 3 rings (SSSR count). The predicted octanol–water partition coefficient (Wildman–Crippen LogP) is 1.96. The van der Waals surface area contributed by atoms with Gasteiger partial charge in [0.2, 0.25) is 0 Å². The number of nitrogens with one attached hydrogen (secondary N) is 1. The summed E-state index contributed by atoms with van der Waals surface area (Å²) in [7, 11) is 0. The fourth-order valence-electron chi connectivity index (χ4n) is 3.33. The van der Waals surface area contributed by atoms with Crippen molar-refractivity contribution in [2.45, 2.75) is 31.9 Å². The first kappa shape index (κ1) is 17.0. The quantitative estimate of drug-likeness (QED) is 0.866. The molecule has 2 aliphatic rings. The minimum absolute atomic E-state index is 0.0848. The summed E-state index contributed by atoms with van der Waals surface area (Å²) in [4.78, 5) is 15.8. The summed E-state index contributed by atoms with van der Waals surface area (Å²) in [5.41, 5.74) is 0.357. The van der Waals surface area contributed by atoms with Crippen molar-refractivity contribution in [1.29, 1.82) is 0 Å². The van der Waals surface area contributed by atoms with Crippen LogP contribution >= 0.6 is 0 Å². The van der Waals surface area contributed by atoms with Crippen molar-refractivity contribution in [3.05, 3.63) is 29.8 Å². The first-order chi connectivity index (χ1) is 11.4. The van der Waals surface area contributed by atoms with Gasteiger partial charge in [-0.25, -0.2) is 13.6 Å². The zero-order valence-electron chi connectivity index (χ0n) is 13.7. The third-order valence-electron chi connectivity index (χ3n) is 4.97. The number of halogens is 2. The molecule has 3 atom stereocenters. The van der Waals surface area contributed by atoms with Gasteiger partial charge < -0.3 is 20.2 Å². The molecular formula is C17H23F2N3O2. The second-order valence-electron chi connectivity index (χ2n) is 6.76. The third kappa shape index (κ3) is 3.61. The van der Waals surface area contributed by atoms with Crippen LogP contribution in [-0.4, -0.2) is 54.4 Å². The summed E-state index contributed by atoms with van der Waals surface area (Å²) < 4.78 is 26.9. The molecule has 2 amide bonds. The second-order valence-corrected chi connectivity index (χ2v) is 6.76. The van der Waals surface area contributed by atoms with E-state index in [1.807, 2.05) is 11.8 Å². The number of aliphatic hydroxyl groups is 1. The molecular weight excluding hydrogens is 316 g/mol. The number of anilines is 1. The minimum Gasteiger partial charge on any atom is -0.391 e. The molecule has 5 nitrogen and oxygen atoms in total. The van der Waals surface area contributed by atoms with E-state index in [9.17, 15) is 18.7 Å². The fourth-order valence-corrected chi connectivity index (χ4v) is 3.33. The van der Waals surface area contributed by atoms with E-state index in [1.165, 1.54) is 12.1 Å². The normalized spacial score (nSPS) is 27.4. The average Bonchev–Trinajstić information content (AvgIpc) is 2.98. The van der Waals surface area contributed by atoms with Crippen molar-refractivity contribution < 1.29 is 18.7 Å². The molecule has 0 bridgehead atoms. The molecule has 0 saturated carbocycles. The topological polar surface area (TPSA) is 55.8 Å². The molecule has 0 aliphatic carbocycles. The highest BCUT2D eigenvalue weighted by Crippen LogP contribution is 2.24. The lowest BCUT2D eigenvalue weighted by atomic mass is 9.96. The van der Waals surface area contributed by atoms with Gasteiger partial charge >= 0.3 is 6.03 Å². The number of rotatable bonds is 2. The second kappa shape index (κ2) is 6.93. The largest absolute Gasteiger partial charge is 0.391 e. The number of hydrogen-bond donors (Lipinski definition) is 2. The Morgan fingerprint density at radius 1 is 1.25 bits per heavy atom. The maximum atomic E-state index is 13.9. The van der Waals surface area contributed by atoms with Gasteiger partial charge in [0.25, 0.3) is 0 Å². The van der Waals surface area contributed by atoms with Gasteiger partial charge in [-0.15, -0.1) is 0 Å². The lowest BCUT2D eigenvalue weighted by molar-refractivity contribution is 0.0431. The molecule has 2 heterocycles. The highest BCUT2D eigenvalue weighted by atomic mass is 19.1. The van der Waals surface area contributed by atoms with E-state index in [0.717, 1.165) is 12.5 Å². The minimum atomic E-state index is -0.599. The summed E-state index contributed by atoms with van der Waals surface area (Å²) in [5.74, 6) is -0.981. The van der Waals surface area contributed by atoms with Gasteiger partial charge in [-0.1, -0.05) is 6.92 Å². The molecule has 2 fully saturated rings. The Hall–Kier alpha value is -1.89. The molecule has 0 spiro atoms. The van der Waals surface area contributed by atoms with Crippen molar-refractivity contribution in [1.82, 2.24) is 10.2 Å². The van der Waals surface area contributed by atoms with Crippen LogP contribution < -0.4 is 10.2 Å². The van der Waals surface area contributed by atoms with Crippen LogP contribution in [0.3, 0.4) is 0 Å². The monoisotopic (exact) mass is 339 g/mol. The zero-order valence-corrected chi connectivity index (χ0v) is 13.7. The van der Waals surface area contributed by atoms with Crippen molar-refractivity contribution in [3.8, 4) is 0 Å². The molecule has 24 heavy (non-hydrogen) atoms. The number of hydrogen-bond acceptors (Lipinski definition) is 3. The van der Waals surface area contributed by atoms with Gasteiger partial charge in [0.05, 0.1) is 11.8 Å². The van der Waals surface area contributed by atoms with Crippen molar-refractivity contribution in [3.63, 3.8) is 0 Å². The first-order valence-electron chi connectivity index (χ1n) is 8.37. The number of aliphatic hydroxyl groups excluding tert-OH is 1. The molecule has 1 aromatic carbocycles. The Balaban J connectivity index is 1.55. The molecule has 0 radical (unpaired) electrons. The fraction of sp³-hybridized carbons (Fsp3) is 0.588. The standard InChI is InChI=1S/C17H23F2N3O2/c1-11-4-6-22(10-16(11)23)17(24)20-13-5-7-21(9-13)15-3-2-12(18)8-14(15)19/h2-3,8,11,13,16,23H,4-7,9-10H2,1H3,(H,20,24). The van der Waals surface area contributed by atoms with Gasteiger partial charge in [-0.05, 0) is 30.9 Å². The highest BCUT2D eigenvalue weighted by Gasteiger charge is 2.30. The maximum absolute atomic E-state index is 13.9. The van der Waals surface area contributed by atoms with E-state index in [0.29, 0.717) is 38.3 Å². The summed E-state index contributed by atoms with van der Waals surface area (Å²) in [5, 5.41) is 12.9. The van der Waals surface area contributed by atoms with Crippen LogP contribution in [0, 0.1) is 17.6 Å². The van der Waals surface area contributed by atoms with E-state index < -0.39 is 17.7 Å². The molecule has 3 unspecified atom stereocenters. The average molecular weight is 339 g/mol. The smallest absolute Gasteiger partial charge is 0.317 e. The highest BCUT2D eigenvalue weighted by molar-refractivity contribution is 5.75. The molecule has 1 aromatic rings. The van der Waals surface area contributed by atoms with Crippen LogP contribution in [0.15, 0.2) is 18.2 Å². The van der Waals surface area contributed by atoms with Crippen LogP contribution in [0.25, 0.3) is 0 Å². The summed E-state index contributed by atoms with van der Waals surface area (Å²) in [6.45, 7) is 4.04. The number of benzene rings is 1. The van der Waals surface area contributed by atoms with Crippen LogP contribution in [0.5, 0.6) is 0 Å². The summed E-state index contributed by atoms with van der Waals surface area (Å²) in [6, 6.07) is 3.26. The summed E-state index contributed by atoms with van der Waals surface area (Å²) >= 11 is 0. The van der Waals surface area contributed by atoms with E-state index in [-0.39, 0.29) is 18.0 Å². The van der Waals surface area contributed by atoms with Gasteiger partial charge in [0.1, 0.15) is 11.6 Å². The third-order valence-corrected chi connectivity index (χ3v) is 4.97. The van der Waals surface area contributed by atoms with Crippen LogP contribution in [0.2, 0.25) is 0 Å². The lowest BCUT2D eigenvalue weighted by Crippen LogP contribution is -2.52. The summed E-state index contributed by atoms with van der Waals surface area (Å²) in [6.07, 6.45) is 1.000. The van der Waals surface area contributed by atoms with Crippen molar-refractivity contribution in [2.75, 3.05) is 31.1 Å². The molecule has 0 aromatic heterocycles. The lowest BCUT2D eigenvalue weighted by Gasteiger charge is -2.34. The Kier molecular flexibility index (Phi) is 4.89. The number of carbonyl (C=O) groups is 1. The van der Waals surface area contributed by atoms with E-state index >= 15 is 0 Å². The Morgan fingerprint density at radius 3 is 2.75 bits per heavy atom. The van der Waals surface area contributed by atoms with Crippen molar-refractivity contribution >= 4 is 11.7 Å². The van der Waals surface area contributed by atoms with E-state index in [1.54, 1.807) is 4.90 Å². The van der Waals surface area contributed by atoms with E-state index in [2.05, 4.69) is 5.32 Å². The predicted molar refractivity (Wildman–Crippen MR) is 86.9 cm³/mol. The Bertz CT molecular complexity index is 613. The molecule has 2 aliphatic heterocycles. The van der Waals surface area contributed by atoms with Gasteiger partial charge in [-0.2, -0.15) is 0 Å². The van der Waals surface area contributed by atoms with Crippen LogP contribution in [0.4, 0.5) is 19.3 Å². The number of β-amino-alcohol motifs (C(OH)–C–C–N with tert-alkyl or cyclic N) is 1. The number of amides is 2. The van der Waals surface area contributed by atoms with Gasteiger partial charge in [0, 0.05) is 38.3 Å². The molecule has 7 heteroatoms. The number of urea groups is 1. The van der Waals surface area contributed by atoms with Crippen molar-refractivity contribution in [2.24, 2.45) is 5.92 Å². The Labute approximate surface area is 140 Å². The molecule has 2 N–H and O–H groups in total. The number of likely N-dealkylation sites (tertiary alicyclic amines) is 1. The number of nitrogens with zero attached hydrogens (tertiary/aromatic N) is 2. The SMILES string of the molecule is CC1CCN(C(=O)NC2CCN(c3ccc(F)cc3F)C2)CC1O. The molecule has 2 saturated heterocycles. The van der Waals surface area contributed by atoms with Crippen LogP contribution in [0.1, 0.15) is 19.8 Å². The number of piperidine rings is 1. The molecule has 132 valence electrons. The van der Waals surface area contributed by atoms with Gasteiger partial charge in [0.15, 0.2) is 0 Å². The van der Waals surface area contributed by atoms with E-state index in [4.69, 9.17) is 0 Å².